The van der Waals surface area contributed by atoms with Gasteiger partial charge >= 0.3 is 0 Å². The number of ether oxygens (including phenoxy) is 1. The van der Waals surface area contributed by atoms with Gasteiger partial charge in [-0.05, 0) is 52.9 Å². The van der Waals surface area contributed by atoms with Crippen molar-refractivity contribution in [1.82, 2.24) is 9.78 Å². The smallest absolute Gasteiger partial charge is 0.119 e. The number of halogens is 1. The molecule has 1 heterocycles. The van der Waals surface area contributed by atoms with Crippen molar-refractivity contribution in [1.29, 1.82) is 0 Å². The lowest BCUT2D eigenvalue weighted by atomic mass is 10.3. The van der Waals surface area contributed by atoms with E-state index in [4.69, 9.17) is 4.74 Å². The number of hydrogen-bond acceptors (Lipinski definition) is 2. The molecule has 0 unspecified atom stereocenters. The van der Waals surface area contributed by atoms with Crippen LogP contribution < -0.4 is 4.74 Å². The monoisotopic (exact) mass is 314 g/mol. The summed E-state index contributed by atoms with van der Waals surface area (Å²) in [7, 11) is 0. The van der Waals surface area contributed by atoms with Gasteiger partial charge in [-0.25, -0.2) is 0 Å². The third-order valence-electron chi connectivity index (χ3n) is 1.96. The first-order chi connectivity index (χ1) is 7.34. The van der Waals surface area contributed by atoms with Crippen molar-refractivity contribution in [3.63, 3.8) is 0 Å². The Morgan fingerprint density at radius 2 is 2.07 bits per heavy atom. The van der Waals surface area contributed by atoms with Crippen LogP contribution in [-0.2, 0) is 6.54 Å². The van der Waals surface area contributed by atoms with Crippen molar-refractivity contribution in [2.75, 3.05) is 6.61 Å². The van der Waals surface area contributed by atoms with Crippen LogP contribution in [0.4, 0.5) is 0 Å². The van der Waals surface area contributed by atoms with E-state index in [9.17, 15) is 0 Å². The molecule has 0 amide bonds. The first-order valence-electron chi connectivity index (χ1n) is 4.70. The molecule has 0 radical (unpaired) electrons. The molecule has 0 atom stereocenters. The van der Waals surface area contributed by atoms with Gasteiger partial charge in [-0.1, -0.05) is 0 Å². The molecule has 0 saturated heterocycles. The minimum Gasteiger partial charge on any atom is -0.492 e. The molecule has 0 aliphatic heterocycles. The summed E-state index contributed by atoms with van der Waals surface area (Å²) in [5, 5.41) is 4.10. The molecule has 4 heteroatoms. The molecule has 0 aliphatic rings. The summed E-state index contributed by atoms with van der Waals surface area (Å²) < 4.78 is 8.64. The zero-order valence-electron chi connectivity index (χ0n) is 8.14. The maximum absolute atomic E-state index is 5.57. The summed E-state index contributed by atoms with van der Waals surface area (Å²) in [5.74, 6) is 0.905. The second kappa shape index (κ2) is 5.16. The normalized spacial score (nSPS) is 10.2. The molecule has 0 saturated carbocycles. The van der Waals surface area contributed by atoms with E-state index in [1.54, 1.807) is 6.20 Å². The molecule has 1 aromatic carbocycles. The topological polar surface area (TPSA) is 27.1 Å². The molecule has 0 bridgehead atoms. The van der Waals surface area contributed by atoms with Crippen molar-refractivity contribution >= 4 is 22.6 Å². The van der Waals surface area contributed by atoms with Crippen LogP contribution in [0.2, 0.25) is 0 Å². The van der Waals surface area contributed by atoms with E-state index >= 15 is 0 Å². The van der Waals surface area contributed by atoms with Gasteiger partial charge in [0.1, 0.15) is 12.4 Å². The fraction of sp³-hybridized carbons (Fsp3) is 0.182. The minimum atomic E-state index is 0.641. The summed E-state index contributed by atoms with van der Waals surface area (Å²) in [6.07, 6.45) is 3.70. The Labute approximate surface area is 102 Å². The van der Waals surface area contributed by atoms with E-state index in [0.29, 0.717) is 6.61 Å². The van der Waals surface area contributed by atoms with E-state index in [1.807, 2.05) is 41.2 Å². The molecular weight excluding hydrogens is 303 g/mol. The second-order valence-corrected chi connectivity index (χ2v) is 4.32. The Hall–Kier alpha value is -1.04. The van der Waals surface area contributed by atoms with Gasteiger partial charge in [0, 0.05) is 16.0 Å². The van der Waals surface area contributed by atoms with Gasteiger partial charge in [0.25, 0.3) is 0 Å². The van der Waals surface area contributed by atoms with E-state index in [0.717, 1.165) is 12.3 Å². The van der Waals surface area contributed by atoms with Crippen LogP contribution in [0, 0.1) is 3.57 Å². The molecule has 2 aromatic rings. The third-order valence-corrected chi connectivity index (χ3v) is 2.68. The minimum absolute atomic E-state index is 0.641. The largest absolute Gasteiger partial charge is 0.492 e. The first-order valence-corrected chi connectivity index (χ1v) is 5.78. The highest BCUT2D eigenvalue weighted by atomic mass is 127. The van der Waals surface area contributed by atoms with Gasteiger partial charge in [0.05, 0.1) is 6.54 Å². The number of benzene rings is 1. The number of hydrogen-bond donors (Lipinski definition) is 0. The van der Waals surface area contributed by atoms with Crippen molar-refractivity contribution in [2.24, 2.45) is 0 Å². The Bertz CT molecular complexity index is 397. The van der Waals surface area contributed by atoms with Crippen molar-refractivity contribution in [2.45, 2.75) is 6.54 Å². The lowest BCUT2D eigenvalue weighted by Crippen LogP contribution is -2.08. The van der Waals surface area contributed by atoms with E-state index in [2.05, 4.69) is 27.7 Å². The Kier molecular flexibility index (Phi) is 3.60. The summed E-state index contributed by atoms with van der Waals surface area (Å²) >= 11 is 2.27. The van der Waals surface area contributed by atoms with Crippen molar-refractivity contribution < 1.29 is 4.74 Å². The van der Waals surface area contributed by atoms with Crippen molar-refractivity contribution in [3.8, 4) is 5.75 Å². The molecule has 2 rings (SSSR count). The predicted octanol–water partition coefficient (Wildman–Crippen LogP) is 2.57. The van der Waals surface area contributed by atoms with Crippen LogP contribution in [0.1, 0.15) is 0 Å². The van der Waals surface area contributed by atoms with Gasteiger partial charge in [0.2, 0.25) is 0 Å². The van der Waals surface area contributed by atoms with Crippen LogP contribution >= 0.6 is 22.6 Å². The third kappa shape index (κ3) is 3.23. The number of nitrogens with zero attached hydrogens (tertiary/aromatic N) is 2. The molecule has 0 aliphatic carbocycles. The molecule has 0 fully saturated rings. The number of aromatic nitrogens is 2. The van der Waals surface area contributed by atoms with Gasteiger partial charge in [-0.2, -0.15) is 5.10 Å². The maximum Gasteiger partial charge on any atom is 0.119 e. The SMILES string of the molecule is Ic1ccc(OCCn2cccn2)cc1. The Morgan fingerprint density at radius 1 is 1.27 bits per heavy atom. The maximum atomic E-state index is 5.57. The van der Waals surface area contributed by atoms with Gasteiger partial charge in [-0.3, -0.25) is 4.68 Å². The molecule has 1 aromatic heterocycles. The molecule has 0 spiro atoms. The molecule has 3 nitrogen and oxygen atoms in total. The second-order valence-electron chi connectivity index (χ2n) is 3.07. The molecule has 78 valence electrons. The lowest BCUT2D eigenvalue weighted by molar-refractivity contribution is 0.291. The Balaban J connectivity index is 1.81. The quantitative estimate of drug-likeness (QED) is 0.811. The van der Waals surface area contributed by atoms with Crippen molar-refractivity contribution in [3.05, 3.63) is 46.3 Å². The predicted molar refractivity (Wildman–Crippen MR) is 66.9 cm³/mol. The van der Waals surface area contributed by atoms with E-state index < -0.39 is 0 Å². The average Bonchev–Trinajstić information content (AvgIpc) is 2.74. The number of rotatable bonds is 4. The summed E-state index contributed by atoms with van der Waals surface area (Å²) in [6.45, 7) is 1.42. The fourth-order valence-corrected chi connectivity index (χ4v) is 1.58. The molecule has 15 heavy (non-hydrogen) atoms. The van der Waals surface area contributed by atoms with E-state index in [1.165, 1.54) is 3.57 Å². The summed E-state index contributed by atoms with van der Waals surface area (Å²) in [4.78, 5) is 0. The fourth-order valence-electron chi connectivity index (χ4n) is 1.22. The standard InChI is InChI=1S/C11H11IN2O/c12-10-2-4-11(5-3-10)15-9-8-14-7-1-6-13-14/h1-7H,8-9H2. The molecule has 0 N–H and O–H groups in total. The zero-order valence-corrected chi connectivity index (χ0v) is 10.3. The van der Waals surface area contributed by atoms with E-state index in [-0.39, 0.29) is 0 Å². The highest BCUT2D eigenvalue weighted by Gasteiger charge is 1.94. The zero-order chi connectivity index (χ0) is 10.5. The van der Waals surface area contributed by atoms with Gasteiger partial charge in [-0.15, -0.1) is 0 Å². The van der Waals surface area contributed by atoms with Crippen LogP contribution in [0.25, 0.3) is 0 Å². The average molecular weight is 314 g/mol. The van der Waals surface area contributed by atoms with Gasteiger partial charge in [0.15, 0.2) is 0 Å². The van der Waals surface area contributed by atoms with Crippen LogP contribution in [0.15, 0.2) is 42.7 Å². The van der Waals surface area contributed by atoms with Gasteiger partial charge < -0.3 is 4.74 Å². The Morgan fingerprint density at radius 3 is 2.73 bits per heavy atom. The summed E-state index contributed by atoms with van der Waals surface area (Å²) in [5.41, 5.74) is 0. The van der Waals surface area contributed by atoms with Crippen LogP contribution in [0.5, 0.6) is 5.75 Å². The summed E-state index contributed by atoms with van der Waals surface area (Å²) in [6, 6.07) is 9.92. The highest BCUT2D eigenvalue weighted by molar-refractivity contribution is 14.1. The highest BCUT2D eigenvalue weighted by Crippen LogP contribution is 2.13. The lowest BCUT2D eigenvalue weighted by Gasteiger charge is -2.05. The molecular formula is C11H11IN2O. The first kappa shape index (κ1) is 10.5. The van der Waals surface area contributed by atoms with Crippen LogP contribution in [-0.4, -0.2) is 16.4 Å². The van der Waals surface area contributed by atoms with Crippen LogP contribution in [0.3, 0.4) is 0 Å².